The SMILES string of the molecule is O=C(O)CC1Oc2ccc(Cl)cc2N(CCO)C1=O. The maximum absolute atomic E-state index is 12.1. The maximum Gasteiger partial charge on any atom is 0.307 e. The smallest absolute Gasteiger partial charge is 0.307 e. The highest BCUT2D eigenvalue weighted by atomic mass is 35.5. The van der Waals surface area contributed by atoms with Crippen LogP contribution in [-0.2, 0) is 9.59 Å². The largest absolute Gasteiger partial charge is 0.481 e. The van der Waals surface area contributed by atoms with Gasteiger partial charge in [0.2, 0.25) is 0 Å². The number of hydrogen-bond donors (Lipinski definition) is 2. The number of aliphatic carboxylic acids is 1. The van der Waals surface area contributed by atoms with E-state index in [4.69, 9.17) is 26.6 Å². The Kier molecular flexibility index (Phi) is 3.92. The van der Waals surface area contributed by atoms with Gasteiger partial charge in [-0.1, -0.05) is 11.6 Å². The van der Waals surface area contributed by atoms with E-state index in [1.54, 1.807) is 18.2 Å². The quantitative estimate of drug-likeness (QED) is 0.858. The molecule has 6 nitrogen and oxygen atoms in total. The van der Waals surface area contributed by atoms with E-state index < -0.39 is 24.4 Å². The van der Waals surface area contributed by atoms with Gasteiger partial charge in [0.05, 0.1) is 18.7 Å². The van der Waals surface area contributed by atoms with Gasteiger partial charge in [0.25, 0.3) is 5.91 Å². The lowest BCUT2D eigenvalue weighted by atomic mass is 10.1. The number of rotatable bonds is 4. The van der Waals surface area contributed by atoms with E-state index in [2.05, 4.69) is 0 Å². The number of carboxylic acid groups (broad SMARTS) is 1. The fraction of sp³-hybridized carbons (Fsp3) is 0.333. The van der Waals surface area contributed by atoms with Crippen molar-refractivity contribution in [2.75, 3.05) is 18.1 Å². The maximum atomic E-state index is 12.1. The number of aliphatic hydroxyl groups is 1. The Labute approximate surface area is 114 Å². The zero-order valence-corrected chi connectivity index (χ0v) is 10.6. The van der Waals surface area contributed by atoms with Crippen molar-refractivity contribution < 1.29 is 24.5 Å². The van der Waals surface area contributed by atoms with Crippen LogP contribution in [0.2, 0.25) is 5.02 Å². The second-order valence-electron chi connectivity index (χ2n) is 4.03. The number of carbonyl (C=O) groups excluding carboxylic acids is 1. The van der Waals surface area contributed by atoms with E-state index in [9.17, 15) is 9.59 Å². The van der Waals surface area contributed by atoms with Crippen LogP contribution < -0.4 is 9.64 Å². The second-order valence-corrected chi connectivity index (χ2v) is 4.47. The fourth-order valence-electron chi connectivity index (χ4n) is 1.92. The molecule has 7 heteroatoms. The summed E-state index contributed by atoms with van der Waals surface area (Å²) in [4.78, 5) is 24.1. The summed E-state index contributed by atoms with van der Waals surface area (Å²) >= 11 is 5.86. The molecule has 0 aliphatic carbocycles. The highest BCUT2D eigenvalue weighted by Gasteiger charge is 2.35. The molecule has 0 aromatic heterocycles. The second kappa shape index (κ2) is 5.46. The summed E-state index contributed by atoms with van der Waals surface area (Å²) in [6.45, 7) is -0.177. The molecule has 1 atom stereocenters. The van der Waals surface area contributed by atoms with Crippen molar-refractivity contribution in [1.82, 2.24) is 0 Å². The van der Waals surface area contributed by atoms with Crippen LogP contribution in [0.15, 0.2) is 18.2 Å². The van der Waals surface area contributed by atoms with Crippen molar-refractivity contribution in [3.63, 3.8) is 0 Å². The summed E-state index contributed by atoms with van der Waals surface area (Å²) in [5, 5.41) is 18.2. The minimum Gasteiger partial charge on any atom is -0.481 e. The van der Waals surface area contributed by atoms with Gasteiger partial charge in [-0.2, -0.15) is 0 Å². The Balaban J connectivity index is 2.38. The van der Waals surface area contributed by atoms with Gasteiger partial charge >= 0.3 is 5.97 Å². The molecule has 1 aliphatic rings. The van der Waals surface area contributed by atoms with Crippen LogP contribution in [0.5, 0.6) is 5.75 Å². The summed E-state index contributed by atoms with van der Waals surface area (Å²) in [7, 11) is 0. The van der Waals surface area contributed by atoms with Gasteiger partial charge in [-0.3, -0.25) is 9.59 Å². The molecule has 2 rings (SSSR count). The van der Waals surface area contributed by atoms with E-state index in [-0.39, 0.29) is 13.2 Å². The standard InChI is InChI=1S/C12H12ClNO5/c13-7-1-2-9-8(5-7)14(3-4-15)12(18)10(19-9)6-11(16)17/h1-2,5,10,15H,3-4,6H2,(H,16,17). The van der Waals surface area contributed by atoms with Gasteiger partial charge in [0.1, 0.15) is 5.75 Å². The van der Waals surface area contributed by atoms with Gasteiger partial charge in [0.15, 0.2) is 6.10 Å². The molecular weight excluding hydrogens is 274 g/mol. The summed E-state index contributed by atoms with van der Waals surface area (Å²) in [5.74, 6) is -1.24. The molecule has 1 heterocycles. The summed E-state index contributed by atoms with van der Waals surface area (Å²) in [5.41, 5.74) is 0.438. The van der Waals surface area contributed by atoms with Crippen LogP contribution in [0.25, 0.3) is 0 Å². The molecule has 102 valence electrons. The molecule has 1 amide bonds. The van der Waals surface area contributed by atoms with E-state index >= 15 is 0 Å². The van der Waals surface area contributed by atoms with Crippen molar-refractivity contribution in [2.45, 2.75) is 12.5 Å². The number of β-amino-alcohol motifs (C(OH)–C–C–N with tert-alkyl or cyclic N) is 1. The minimum atomic E-state index is -1.13. The number of halogens is 1. The zero-order chi connectivity index (χ0) is 14.0. The Morgan fingerprint density at radius 2 is 2.21 bits per heavy atom. The Morgan fingerprint density at radius 3 is 2.84 bits per heavy atom. The monoisotopic (exact) mass is 285 g/mol. The van der Waals surface area contributed by atoms with Gasteiger partial charge in [-0.05, 0) is 18.2 Å². The lowest BCUT2D eigenvalue weighted by molar-refractivity contribution is -0.142. The molecule has 1 aromatic rings. The molecule has 0 radical (unpaired) electrons. The predicted molar refractivity (Wildman–Crippen MR) is 67.6 cm³/mol. The molecule has 0 fully saturated rings. The average Bonchev–Trinajstić information content (AvgIpc) is 2.35. The molecule has 0 bridgehead atoms. The summed E-state index contributed by atoms with van der Waals surface area (Å²) < 4.78 is 5.37. The molecule has 19 heavy (non-hydrogen) atoms. The number of carbonyl (C=O) groups is 2. The van der Waals surface area contributed by atoms with E-state index in [1.807, 2.05) is 0 Å². The van der Waals surface area contributed by atoms with Crippen LogP contribution in [0.3, 0.4) is 0 Å². The molecular formula is C12H12ClNO5. The van der Waals surface area contributed by atoms with Gasteiger partial charge in [0, 0.05) is 11.6 Å². The molecule has 0 saturated heterocycles. The molecule has 1 unspecified atom stereocenters. The first kappa shape index (κ1) is 13.6. The Hall–Kier alpha value is -1.79. The molecule has 0 saturated carbocycles. The Bertz CT molecular complexity index is 519. The number of nitrogens with zero attached hydrogens (tertiary/aromatic N) is 1. The predicted octanol–water partition coefficient (Wildman–Crippen LogP) is 0.901. The fourth-order valence-corrected chi connectivity index (χ4v) is 2.08. The lowest BCUT2D eigenvalue weighted by Gasteiger charge is -2.33. The van der Waals surface area contributed by atoms with Crippen molar-refractivity contribution >= 4 is 29.2 Å². The first-order valence-corrected chi connectivity index (χ1v) is 6.01. The summed E-state index contributed by atoms with van der Waals surface area (Å²) in [6.07, 6.45) is -1.51. The van der Waals surface area contributed by atoms with E-state index in [1.165, 1.54) is 4.90 Å². The third kappa shape index (κ3) is 2.80. The molecule has 0 spiro atoms. The third-order valence-electron chi connectivity index (χ3n) is 2.71. The number of hydrogen-bond acceptors (Lipinski definition) is 4. The third-order valence-corrected chi connectivity index (χ3v) is 2.94. The highest BCUT2D eigenvalue weighted by Crippen LogP contribution is 2.36. The van der Waals surface area contributed by atoms with Crippen molar-refractivity contribution in [1.29, 1.82) is 0 Å². The first-order chi connectivity index (χ1) is 9.02. The number of anilines is 1. The molecule has 1 aromatic carbocycles. The minimum absolute atomic E-state index is 0.0612. The van der Waals surface area contributed by atoms with Crippen LogP contribution >= 0.6 is 11.6 Å². The molecule has 1 aliphatic heterocycles. The number of benzene rings is 1. The van der Waals surface area contributed by atoms with Gasteiger partial charge in [-0.25, -0.2) is 0 Å². The number of fused-ring (bicyclic) bond motifs is 1. The van der Waals surface area contributed by atoms with Crippen LogP contribution in [-0.4, -0.2) is 41.3 Å². The van der Waals surface area contributed by atoms with Crippen molar-refractivity contribution in [3.8, 4) is 5.75 Å². The van der Waals surface area contributed by atoms with Gasteiger partial charge in [-0.15, -0.1) is 0 Å². The summed E-state index contributed by atoms with van der Waals surface area (Å²) in [6, 6.07) is 4.70. The van der Waals surface area contributed by atoms with Crippen LogP contribution in [0.1, 0.15) is 6.42 Å². The van der Waals surface area contributed by atoms with Crippen molar-refractivity contribution in [2.24, 2.45) is 0 Å². The van der Waals surface area contributed by atoms with Crippen molar-refractivity contribution in [3.05, 3.63) is 23.2 Å². The first-order valence-electron chi connectivity index (χ1n) is 5.63. The number of amides is 1. The number of carboxylic acids is 1. The highest BCUT2D eigenvalue weighted by molar-refractivity contribution is 6.31. The van der Waals surface area contributed by atoms with E-state index in [0.717, 1.165) is 0 Å². The lowest BCUT2D eigenvalue weighted by Crippen LogP contribution is -2.47. The van der Waals surface area contributed by atoms with Crippen LogP contribution in [0.4, 0.5) is 5.69 Å². The van der Waals surface area contributed by atoms with E-state index in [0.29, 0.717) is 16.5 Å². The normalized spacial score (nSPS) is 17.9. The number of aliphatic hydroxyl groups excluding tert-OH is 1. The molecule has 2 N–H and O–H groups in total. The van der Waals surface area contributed by atoms with Crippen LogP contribution in [0, 0.1) is 0 Å². The zero-order valence-electron chi connectivity index (χ0n) is 9.88. The van der Waals surface area contributed by atoms with Gasteiger partial charge < -0.3 is 19.8 Å². The average molecular weight is 286 g/mol. The Morgan fingerprint density at radius 1 is 1.47 bits per heavy atom. The number of ether oxygens (including phenoxy) is 1. The topological polar surface area (TPSA) is 87.1 Å².